The standard InChI is InChI=1S/C12H18N2O3/c1-6-17-12(16)9(4)14-8(3)11(10(5)15)7(2)13-14/h9H,6H2,1-5H3. The van der Waals surface area contributed by atoms with Crippen molar-refractivity contribution in [2.75, 3.05) is 6.61 Å². The molecule has 1 atom stereocenters. The van der Waals surface area contributed by atoms with Crippen LogP contribution in [0.25, 0.3) is 0 Å². The number of carbonyl (C=O) groups excluding carboxylic acids is 2. The molecule has 0 bridgehead atoms. The van der Waals surface area contributed by atoms with Gasteiger partial charge in [0.15, 0.2) is 5.78 Å². The van der Waals surface area contributed by atoms with Crippen LogP contribution in [0.3, 0.4) is 0 Å². The van der Waals surface area contributed by atoms with E-state index in [-0.39, 0.29) is 11.8 Å². The third kappa shape index (κ3) is 2.54. The van der Waals surface area contributed by atoms with Crippen molar-refractivity contribution < 1.29 is 14.3 Å². The first-order valence-corrected chi connectivity index (χ1v) is 5.63. The highest BCUT2D eigenvalue weighted by molar-refractivity contribution is 5.96. The zero-order chi connectivity index (χ0) is 13.2. The van der Waals surface area contributed by atoms with Gasteiger partial charge < -0.3 is 4.74 Å². The lowest BCUT2D eigenvalue weighted by Gasteiger charge is -2.12. The van der Waals surface area contributed by atoms with Crippen LogP contribution in [-0.2, 0) is 9.53 Å². The number of aromatic nitrogens is 2. The maximum atomic E-state index is 11.6. The van der Waals surface area contributed by atoms with Crippen LogP contribution in [0, 0.1) is 13.8 Å². The molecule has 0 aliphatic rings. The third-order valence-electron chi connectivity index (χ3n) is 2.67. The van der Waals surface area contributed by atoms with Crippen LogP contribution >= 0.6 is 0 Å². The Labute approximate surface area is 101 Å². The van der Waals surface area contributed by atoms with Crippen LogP contribution in [0.5, 0.6) is 0 Å². The number of rotatable bonds is 4. The zero-order valence-corrected chi connectivity index (χ0v) is 10.9. The molecule has 0 saturated carbocycles. The quantitative estimate of drug-likeness (QED) is 0.593. The van der Waals surface area contributed by atoms with Crippen LogP contribution in [0.4, 0.5) is 0 Å². The van der Waals surface area contributed by atoms with Crippen LogP contribution < -0.4 is 0 Å². The summed E-state index contributed by atoms with van der Waals surface area (Å²) in [5, 5.41) is 4.23. The molecule has 0 aromatic carbocycles. The minimum absolute atomic E-state index is 0.0395. The van der Waals surface area contributed by atoms with Gasteiger partial charge in [-0.1, -0.05) is 0 Å². The molecule has 1 rings (SSSR count). The first-order valence-electron chi connectivity index (χ1n) is 5.63. The Hall–Kier alpha value is -1.65. The number of ether oxygens (including phenoxy) is 1. The fourth-order valence-corrected chi connectivity index (χ4v) is 1.91. The minimum Gasteiger partial charge on any atom is -0.464 e. The molecule has 5 heteroatoms. The van der Waals surface area contributed by atoms with Crippen molar-refractivity contribution in [3.63, 3.8) is 0 Å². The van der Waals surface area contributed by atoms with E-state index in [1.807, 2.05) is 0 Å². The van der Waals surface area contributed by atoms with Crippen molar-refractivity contribution in [1.29, 1.82) is 0 Å². The number of hydrogen-bond donors (Lipinski definition) is 0. The number of nitrogens with zero attached hydrogens (tertiary/aromatic N) is 2. The van der Waals surface area contributed by atoms with E-state index in [4.69, 9.17) is 4.74 Å². The average Bonchev–Trinajstić information content (AvgIpc) is 2.53. The topological polar surface area (TPSA) is 61.2 Å². The molecule has 1 unspecified atom stereocenters. The maximum Gasteiger partial charge on any atom is 0.330 e. The molecule has 1 heterocycles. The molecular formula is C12H18N2O3. The van der Waals surface area contributed by atoms with Crippen LogP contribution in [-0.4, -0.2) is 28.1 Å². The first kappa shape index (κ1) is 13.4. The molecule has 0 fully saturated rings. The Bertz CT molecular complexity index is 449. The van der Waals surface area contributed by atoms with Crippen molar-refractivity contribution in [3.05, 3.63) is 17.0 Å². The van der Waals surface area contributed by atoms with Crippen molar-refractivity contribution in [2.45, 2.75) is 40.7 Å². The normalized spacial score (nSPS) is 12.3. The molecule has 0 radical (unpaired) electrons. The monoisotopic (exact) mass is 238 g/mol. The van der Waals surface area contributed by atoms with Gasteiger partial charge in [0.2, 0.25) is 0 Å². The Balaban J connectivity index is 3.12. The van der Waals surface area contributed by atoms with Gasteiger partial charge in [-0.25, -0.2) is 4.79 Å². The summed E-state index contributed by atoms with van der Waals surface area (Å²) < 4.78 is 6.48. The van der Waals surface area contributed by atoms with E-state index in [0.717, 1.165) is 0 Å². The molecular weight excluding hydrogens is 220 g/mol. The lowest BCUT2D eigenvalue weighted by atomic mass is 10.1. The maximum absolute atomic E-state index is 11.6. The van der Waals surface area contributed by atoms with Gasteiger partial charge >= 0.3 is 5.97 Å². The van der Waals surface area contributed by atoms with E-state index in [1.165, 1.54) is 6.92 Å². The molecule has 0 aliphatic carbocycles. The van der Waals surface area contributed by atoms with Crippen molar-refractivity contribution in [2.24, 2.45) is 0 Å². The van der Waals surface area contributed by atoms with Gasteiger partial charge in [0.1, 0.15) is 6.04 Å². The molecule has 5 nitrogen and oxygen atoms in total. The fourth-order valence-electron chi connectivity index (χ4n) is 1.91. The second kappa shape index (κ2) is 5.12. The van der Waals surface area contributed by atoms with Crippen molar-refractivity contribution >= 4 is 11.8 Å². The summed E-state index contributed by atoms with van der Waals surface area (Å²) in [5.41, 5.74) is 1.93. The third-order valence-corrected chi connectivity index (χ3v) is 2.67. The van der Waals surface area contributed by atoms with Crippen molar-refractivity contribution in [1.82, 2.24) is 9.78 Å². The molecule has 1 aromatic heterocycles. The van der Waals surface area contributed by atoms with Gasteiger partial charge in [0.25, 0.3) is 0 Å². The predicted molar refractivity (Wildman–Crippen MR) is 63.0 cm³/mol. The molecule has 0 aliphatic heterocycles. The molecule has 17 heavy (non-hydrogen) atoms. The lowest BCUT2D eigenvalue weighted by molar-refractivity contribution is -0.146. The number of hydrogen-bond acceptors (Lipinski definition) is 4. The van der Waals surface area contributed by atoms with Gasteiger partial charge in [-0.3, -0.25) is 9.48 Å². The van der Waals surface area contributed by atoms with Gasteiger partial charge in [-0.05, 0) is 34.6 Å². The highest BCUT2D eigenvalue weighted by Gasteiger charge is 2.23. The van der Waals surface area contributed by atoms with Crippen LogP contribution in [0.1, 0.15) is 48.6 Å². The van der Waals surface area contributed by atoms with E-state index in [9.17, 15) is 9.59 Å². The van der Waals surface area contributed by atoms with Crippen LogP contribution in [0.15, 0.2) is 0 Å². The minimum atomic E-state index is -0.512. The van der Waals surface area contributed by atoms with E-state index in [0.29, 0.717) is 23.6 Å². The van der Waals surface area contributed by atoms with Crippen molar-refractivity contribution in [3.8, 4) is 0 Å². The lowest BCUT2D eigenvalue weighted by Crippen LogP contribution is -2.21. The number of esters is 1. The summed E-state index contributed by atoms with van der Waals surface area (Å²) in [6.45, 7) is 8.84. The SMILES string of the molecule is CCOC(=O)C(C)n1nc(C)c(C(C)=O)c1C. The highest BCUT2D eigenvalue weighted by atomic mass is 16.5. The predicted octanol–water partition coefficient (Wildman–Crippen LogP) is 1.83. The van der Waals surface area contributed by atoms with Crippen LogP contribution in [0.2, 0.25) is 0 Å². The first-order chi connectivity index (χ1) is 7.90. The van der Waals surface area contributed by atoms with E-state index >= 15 is 0 Å². The largest absolute Gasteiger partial charge is 0.464 e. The van der Waals surface area contributed by atoms with Gasteiger partial charge in [0.05, 0.1) is 17.9 Å². The van der Waals surface area contributed by atoms with E-state index in [2.05, 4.69) is 5.10 Å². The molecule has 0 saturated heterocycles. The Morgan fingerprint density at radius 3 is 2.41 bits per heavy atom. The number of aryl methyl sites for hydroxylation is 1. The molecule has 0 spiro atoms. The highest BCUT2D eigenvalue weighted by Crippen LogP contribution is 2.18. The van der Waals surface area contributed by atoms with Gasteiger partial charge in [-0.2, -0.15) is 5.10 Å². The summed E-state index contributed by atoms with van der Waals surface area (Å²) in [5.74, 6) is -0.379. The summed E-state index contributed by atoms with van der Waals surface area (Å²) in [6.07, 6.45) is 0. The van der Waals surface area contributed by atoms with E-state index < -0.39 is 6.04 Å². The smallest absolute Gasteiger partial charge is 0.330 e. The molecule has 0 amide bonds. The second-order valence-corrected chi connectivity index (χ2v) is 3.97. The fraction of sp³-hybridized carbons (Fsp3) is 0.583. The summed E-state index contributed by atoms with van der Waals surface area (Å²) in [7, 11) is 0. The summed E-state index contributed by atoms with van der Waals surface area (Å²) in [4.78, 5) is 23.1. The Kier molecular flexibility index (Phi) is 4.04. The molecule has 1 aromatic rings. The van der Waals surface area contributed by atoms with E-state index in [1.54, 1.807) is 32.4 Å². The Morgan fingerprint density at radius 2 is 2.00 bits per heavy atom. The number of carbonyl (C=O) groups is 2. The van der Waals surface area contributed by atoms with Gasteiger partial charge in [-0.15, -0.1) is 0 Å². The summed E-state index contributed by atoms with van der Waals surface area (Å²) >= 11 is 0. The molecule has 94 valence electrons. The van der Waals surface area contributed by atoms with Gasteiger partial charge in [0, 0.05) is 5.69 Å². The molecule has 0 N–H and O–H groups in total. The number of ketones is 1. The zero-order valence-electron chi connectivity index (χ0n) is 10.9. The second-order valence-electron chi connectivity index (χ2n) is 3.97. The Morgan fingerprint density at radius 1 is 1.41 bits per heavy atom. The number of Topliss-reactive ketones (excluding diaryl/α,β-unsaturated/α-hetero) is 1. The average molecular weight is 238 g/mol. The summed E-state index contributed by atoms with van der Waals surface area (Å²) in [6, 6.07) is -0.512.